The average Bonchev–Trinajstić information content (AvgIpc) is 3.12. The lowest BCUT2D eigenvalue weighted by Gasteiger charge is -2.26. The quantitative estimate of drug-likeness (QED) is 0.640. The van der Waals surface area contributed by atoms with Gasteiger partial charge in [-0.3, -0.25) is 9.59 Å². The first-order valence-corrected chi connectivity index (χ1v) is 6.69. The molecular weight excluding hydrogens is 277 g/mol. The van der Waals surface area contributed by atoms with Gasteiger partial charge in [-0.15, -0.1) is 0 Å². The number of rotatable bonds is 2. The van der Waals surface area contributed by atoms with Crippen LogP contribution in [0.2, 0.25) is 0 Å². The Morgan fingerprint density at radius 1 is 1.24 bits per heavy atom. The molecule has 0 aliphatic carbocycles. The van der Waals surface area contributed by atoms with Crippen LogP contribution in [-0.2, 0) is 14.3 Å². The van der Waals surface area contributed by atoms with E-state index in [2.05, 4.69) is 0 Å². The number of halogens is 1. The van der Waals surface area contributed by atoms with Gasteiger partial charge in [-0.25, -0.2) is 9.29 Å². The number of hydrogen-bond acceptors (Lipinski definition) is 4. The topological polar surface area (TPSA) is 66.8 Å². The highest BCUT2D eigenvalue weighted by atomic mass is 19.1. The molecule has 4 rings (SSSR count). The second kappa shape index (κ2) is 3.99. The molecule has 2 fully saturated rings. The minimum absolute atomic E-state index is 0.341. The monoisotopic (exact) mass is 289 g/mol. The molecule has 4 atom stereocenters. The van der Waals surface area contributed by atoms with Crippen LogP contribution in [0.1, 0.15) is 0 Å². The van der Waals surface area contributed by atoms with Gasteiger partial charge in [0.2, 0.25) is 11.8 Å². The minimum Gasteiger partial charge on any atom is -0.393 e. The third-order valence-corrected chi connectivity index (χ3v) is 4.49. The largest absolute Gasteiger partial charge is 0.393 e. The van der Waals surface area contributed by atoms with Crippen molar-refractivity contribution in [3.05, 3.63) is 42.2 Å². The molecule has 1 N–H and O–H groups in total. The van der Waals surface area contributed by atoms with Crippen LogP contribution in [-0.4, -0.2) is 35.2 Å². The van der Waals surface area contributed by atoms with Crippen molar-refractivity contribution in [2.45, 2.75) is 11.7 Å². The fraction of sp³-hybridized carbons (Fsp3) is 0.333. The fourth-order valence-corrected chi connectivity index (χ4v) is 3.53. The van der Waals surface area contributed by atoms with Gasteiger partial charge in [0.05, 0.1) is 30.2 Å². The summed E-state index contributed by atoms with van der Waals surface area (Å²) in [7, 11) is 0. The lowest BCUT2D eigenvalue weighted by atomic mass is 9.77. The van der Waals surface area contributed by atoms with Gasteiger partial charge < -0.3 is 9.84 Å². The molecule has 3 aliphatic heterocycles. The number of anilines is 1. The van der Waals surface area contributed by atoms with Crippen molar-refractivity contribution in [2.75, 3.05) is 11.5 Å². The van der Waals surface area contributed by atoms with Crippen LogP contribution >= 0.6 is 0 Å². The van der Waals surface area contributed by atoms with Crippen molar-refractivity contribution >= 4 is 17.5 Å². The van der Waals surface area contributed by atoms with Crippen LogP contribution in [0.15, 0.2) is 36.4 Å². The van der Waals surface area contributed by atoms with E-state index in [-0.39, 0.29) is 12.5 Å². The molecule has 0 spiro atoms. The molecule has 0 saturated carbocycles. The fourth-order valence-electron chi connectivity index (χ4n) is 3.53. The maximum atomic E-state index is 13.0. The summed E-state index contributed by atoms with van der Waals surface area (Å²) >= 11 is 0. The normalized spacial score (nSPS) is 36.7. The number of aliphatic hydroxyl groups is 1. The third-order valence-electron chi connectivity index (χ3n) is 4.49. The number of ether oxygens (including phenoxy) is 1. The Morgan fingerprint density at radius 3 is 2.62 bits per heavy atom. The van der Waals surface area contributed by atoms with E-state index >= 15 is 0 Å². The second-order valence-electron chi connectivity index (χ2n) is 5.55. The molecule has 0 aromatic heterocycles. The highest BCUT2D eigenvalue weighted by molar-refractivity contribution is 6.23. The highest BCUT2D eigenvalue weighted by Gasteiger charge is 2.67. The number of carbonyl (C=O) groups excluding carboxylic acids is 2. The van der Waals surface area contributed by atoms with Crippen molar-refractivity contribution in [1.82, 2.24) is 0 Å². The third kappa shape index (κ3) is 1.46. The molecule has 1 aromatic rings. The van der Waals surface area contributed by atoms with E-state index in [0.717, 1.165) is 4.90 Å². The van der Waals surface area contributed by atoms with Gasteiger partial charge in [0.1, 0.15) is 11.4 Å². The minimum atomic E-state index is -1.10. The number of carbonyl (C=O) groups is 2. The Bertz CT molecular complexity index is 671. The van der Waals surface area contributed by atoms with Gasteiger partial charge in [0.15, 0.2) is 0 Å². The van der Waals surface area contributed by atoms with Gasteiger partial charge in [-0.1, -0.05) is 12.2 Å². The van der Waals surface area contributed by atoms with Crippen LogP contribution in [0.4, 0.5) is 10.1 Å². The van der Waals surface area contributed by atoms with E-state index in [4.69, 9.17) is 4.74 Å². The van der Waals surface area contributed by atoms with Crippen LogP contribution in [0.3, 0.4) is 0 Å². The number of imide groups is 1. The van der Waals surface area contributed by atoms with Gasteiger partial charge in [0.25, 0.3) is 0 Å². The molecule has 108 valence electrons. The summed E-state index contributed by atoms with van der Waals surface area (Å²) in [6.45, 7) is -0.350. The summed E-state index contributed by atoms with van der Waals surface area (Å²) in [6, 6.07) is 5.20. The van der Waals surface area contributed by atoms with E-state index in [1.54, 1.807) is 12.2 Å². The van der Waals surface area contributed by atoms with Crippen LogP contribution in [0.25, 0.3) is 0 Å². The lowest BCUT2D eigenvalue weighted by Crippen LogP contribution is -2.43. The van der Waals surface area contributed by atoms with Gasteiger partial charge in [-0.05, 0) is 24.3 Å². The lowest BCUT2D eigenvalue weighted by molar-refractivity contribution is -0.128. The van der Waals surface area contributed by atoms with Crippen molar-refractivity contribution in [2.24, 2.45) is 11.8 Å². The zero-order chi connectivity index (χ0) is 14.8. The number of hydrogen-bond donors (Lipinski definition) is 1. The second-order valence-corrected chi connectivity index (χ2v) is 5.55. The predicted octanol–water partition coefficient (Wildman–Crippen LogP) is 0.631. The maximum absolute atomic E-state index is 13.0. The maximum Gasteiger partial charge on any atom is 0.241 e. The Labute approximate surface area is 119 Å². The highest BCUT2D eigenvalue weighted by Crippen LogP contribution is 2.52. The number of amides is 2. The molecule has 0 unspecified atom stereocenters. The molecule has 2 bridgehead atoms. The summed E-state index contributed by atoms with van der Waals surface area (Å²) in [6.07, 6.45) is 2.90. The molecular formula is C15H12FNO4. The van der Waals surface area contributed by atoms with E-state index < -0.39 is 35.3 Å². The number of nitrogens with zero attached hydrogens (tertiary/aromatic N) is 1. The summed E-state index contributed by atoms with van der Waals surface area (Å²) in [5.41, 5.74) is -0.759. The summed E-state index contributed by atoms with van der Waals surface area (Å²) in [5.74, 6) is -2.52. The standard InChI is InChI=1S/C15H12FNO4/c16-8-1-3-9(4-2-8)17-13(19)11-10-5-6-15(7-18,21-10)12(11)14(17)20/h1-6,10-12,18H,7H2/t10-,11-,12-,15-/m0/s1. The number of fused-ring (bicyclic) bond motifs is 5. The first kappa shape index (κ1) is 12.7. The van der Waals surface area contributed by atoms with Gasteiger partial charge in [0, 0.05) is 0 Å². The molecule has 2 amide bonds. The molecule has 3 heterocycles. The summed E-state index contributed by atoms with van der Waals surface area (Å²) in [4.78, 5) is 26.2. The van der Waals surface area contributed by atoms with Gasteiger partial charge in [-0.2, -0.15) is 0 Å². The summed E-state index contributed by atoms with van der Waals surface area (Å²) < 4.78 is 18.6. The molecule has 3 aliphatic rings. The van der Waals surface area contributed by atoms with Gasteiger partial charge >= 0.3 is 0 Å². The average molecular weight is 289 g/mol. The Morgan fingerprint density at radius 2 is 1.95 bits per heavy atom. The van der Waals surface area contributed by atoms with Crippen molar-refractivity contribution < 1.29 is 23.8 Å². The van der Waals surface area contributed by atoms with E-state index in [1.165, 1.54) is 24.3 Å². The molecule has 6 heteroatoms. The SMILES string of the molecule is O=C1[C@H]2[C@@H]3C=C[C@@](CO)(O3)[C@@H]2C(=O)N1c1ccc(F)cc1. The van der Waals surface area contributed by atoms with Crippen LogP contribution in [0, 0.1) is 17.7 Å². The Balaban J connectivity index is 1.77. The van der Waals surface area contributed by atoms with E-state index in [9.17, 15) is 19.1 Å². The zero-order valence-electron chi connectivity index (χ0n) is 10.9. The van der Waals surface area contributed by atoms with Crippen LogP contribution < -0.4 is 4.90 Å². The Kier molecular flexibility index (Phi) is 2.41. The predicted molar refractivity (Wildman–Crippen MR) is 69.7 cm³/mol. The van der Waals surface area contributed by atoms with Crippen molar-refractivity contribution in [1.29, 1.82) is 0 Å². The first-order chi connectivity index (χ1) is 10.1. The zero-order valence-corrected chi connectivity index (χ0v) is 10.9. The molecule has 1 aromatic carbocycles. The van der Waals surface area contributed by atoms with Crippen molar-refractivity contribution in [3.63, 3.8) is 0 Å². The smallest absolute Gasteiger partial charge is 0.241 e. The number of aliphatic hydroxyl groups excluding tert-OH is 1. The first-order valence-electron chi connectivity index (χ1n) is 6.69. The summed E-state index contributed by atoms with van der Waals surface area (Å²) in [5, 5.41) is 9.58. The molecule has 2 saturated heterocycles. The van der Waals surface area contributed by atoms with Crippen LogP contribution in [0.5, 0.6) is 0 Å². The number of benzene rings is 1. The van der Waals surface area contributed by atoms with E-state index in [1.807, 2.05) is 0 Å². The van der Waals surface area contributed by atoms with E-state index in [0.29, 0.717) is 5.69 Å². The molecule has 21 heavy (non-hydrogen) atoms. The Hall–Kier alpha value is -2.05. The van der Waals surface area contributed by atoms with Crippen molar-refractivity contribution in [3.8, 4) is 0 Å². The molecule has 5 nitrogen and oxygen atoms in total. The molecule has 0 radical (unpaired) electrons.